The zero-order chi connectivity index (χ0) is 15.0. The van der Waals surface area contributed by atoms with Gasteiger partial charge in [-0.1, -0.05) is 6.92 Å². The summed E-state index contributed by atoms with van der Waals surface area (Å²) in [6, 6.07) is -0.185. The molecule has 0 aromatic carbocycles. The van der Waals surface area contributed by atoms with Crippen LogP contribution < -0.4 is 0 Å². The summed E-state index contributed by atoms with van der Waals surface area (Å²) in [5.74, 6) is 0.0152. The van der Waals surface area contributed by atoms with E-state index in [1.54, 1.807) is 35.5 Å². The Bertz CT molecular complexity index is 300. The SMILES string of the molecule is CCC(CSC)N(C)C(=O)N(CC)C(C)CC(=O)O. The summed E-state index contributed by atoms with van der Waals surface area (Å²) in [7, 11) is 1.79. The Morgan fingerprint density at radius 3 is 2.26 bits per heavy atom. The summed E-state index contributed by atoms with van der Waals surface area (Å²) in [5, 5.41) is 8.83. The van der Waals surface area contributed by atoms with Crippen molar-refractivity contribution in [2.24, 2.45) is 0 Å². The standard InChI is InChI=1S/C13H26N2O3S/c1-6-11(9-19-5)14(4)13(18)15(7-2)10(3)8-12(16)17/h10-11H,6-9H2,1-5H3,(H,16,17). The third-order valence-corrected chi connectivity index (χ3v) is 3.99. The first-order valence-corrected chi connectivity index (χ1v) is 8.02. The fourth-order valence-electron chi connectivity index (χ4n) is 2.05. The van der Waals surface area contributed by atoms with Crippen LogP contribution >= 0.6 is 11.8 Å². The molecule has 0 heterocycles. The van der Waals surface area contributed by atoms with Crippen LogP contribution in [0.5, 0.6) is 0 Å². The van der Waals surface area contributed by atoms with E-state index in [0.29, 0.717) is 6.54 Å². The first kappa shape index (κ1) is 18.1. The molecule has 2 atom stereocenters. The fourth-order valence-corrected chi connectivity index (χ4v) is 2.90. The lowest BCUT2D eigenvalue weighted by Gasteiger charge is -2.35. The molecule has 0 spiro atoms. The molecule has 0 aliphatic rings. The van der Waals surface area contributed by atoms with E-state index in [4.69, 9.17) is 5.11 Å². The van der Waals surface area contributed by atoms with Crippen molar-refractivity contribution in [3.63, 3.8) is 0 Å². The molecule has 5 nitrogen and oxygen atoms in total. The molecule has 1 N–H and O–H groups in total. The number of nitrogens with zero attached hydrogens (tertiary/aromatic N) is 2. The summed E-state index contributed by atoms with van der Waals surface area (Å²) >= 11 is 1.71. The number of thioether (sulfide) groups is 1. The first-order chi connectivity index (χ1) is 8.88. The van der Waals surface area contributed by atoms with E-state index < -0.39 is 5.97 Å². The van der Waals surface area contributed by atoms with E-state index in [1.165, 1.54) is 0 Å². The van der Waals surface area contributed by atoms with Gasteiger partial charge in [-0.3, -0.25) is 4.79 Å². The summed E-state index contributed by atoms with van der Waals surface area (Å²) in [6.45, 7) is 6.23. The molecule has 112 valence electrons. The molecule has 0 saturated heterocycles. The fraction of sp³-hybridized carbons (Fsp3) is 0.846. The van der Waals surface area contributed by atoms with Crippen molar-refractivity contribution in [3.05, 3.63) is 0 Å². The van der Waals surface area contributed by atoms with Gasteiger partial charge in [0.25, 0.3) is 0 Å². The zero-order valence-corrected chi connectivity index (χ0v) is 13.4. The van der Waals surface area contributed by atoms with Crippen molar-refractivity contribution in [2.75, 3.05) is 25.6 Å². The van der Waals surface area contributed by atoms with Crippen molar-refractivity contribution in [1.29, 1.82) is 0 Å². The number of rotatable bonds is 8. The minimum absolute atomic E-state index is 0.0211. The van der Waals surface area contributed by atoms with Crippen LogP contribution in [0.4, 0.5) is 4.79 Å². The molecule has 0 aliphatic heterocycles. The molecule has 6 heteroatoms. The maximum atomic E-state index is 12.4. The number of hydrogen-bond donors (Lipinski definition) is 1. The molecule has 0 fully saturated rings. The summed E-state index contributed by atoms with van der Waals surface area (Å²) in [5.41, 5.74) is 0. The van der Waals surface area contributed by atoms with Crippen molar-refractivity contribution in [2.45, 2.75) is 45.7 Å². The molecule has 0 aliphatic carbocycles. The zero-order valence-electron chi connectivity index (χ0n) is 12.5. The van der Waals surface area contributed by atoms with Gasteiger partial charge in [0, 0.05) is 31.4 Å². The number of urea groups is 1. The maximum Gasteiger partial charge on any atom is 0.320 e. The number of aliphatic carboxylic acids is 1. The van der Waals surface area contributed by atoms with Gasteiger partial charge in [-0.15, -0.1) is 0 Å². The highest BCUT2D eigenvalue weighted by atomic mass is 32.2. The average molecular weight is 290 g/mol. The van der Waals surface area contributed by atoms with Gasteiger partial charge < -0.3 is 14.9 Å². The number of hydrogen-bond acceptors (Lipinski definition) is 3. The third kappa shape index (κ3) is 5.72. The van der Waals surface area contributed by atoms with Gasteiger partial charge in [0.1, 0.15) is 0 Å². The normalized spacial score (nSPS) is 13.7. The lowest BCUT2D eigenvalue weighted by atomic mass is 10.2. The largest absolute Gasteiger partial charge is 0.481 e. The van der Waals surface area contributed by atoms with E-state index in [0.717, 1.165) is 12.2 Å². The summed E-state index contributed by atoms with van der Waals surface area (Å²) < 4.78 is 0. The van der Waals surface area contributed by atoms with E-state index in [2.05, 4.69) is 6.92 Å². The Morgan fingerprint density at radius 1 is 1.32 bits per heavy atom. The second-order valence-electron chi connectivity index (χ2n) is 4.64. The van der Waals surface area contributed by atoms with Gasteiger partial charge >= 0.3 is 12.0 Å². The van der Waals surface area contributed by atoms with E-state index in [-0.39, 0.29) is 24.5 Å². The van der Waals surface area contributed by atoms with Crippen LogP contribution in [0, 0.1) is 0 Å². The molecule has 0 radical (unpaired) electrons. The monoisotopic (exact) mass is 290 g/mol. The van der Waals surface area contributed by atoms with Crippen LogP contribution in [0.1, 0.15) is 33.6 Å². The van der Waals surface area contributed by atoms with Gasteiger partial charge in [-0.05, 0) is 26.5 Å². The highest BCUT2D eigenvalue weighted by Crippen LogP contribution is 2.13. The first-order valence-electron chi connectivity index (χ1n) is 6.63. The van der Waals surface area contributed by atoms with Crippen LogP contribution in [0.3, 0.4) is 0 Å². The topological polar surface area (TPSA) is 60.9 Å². The second-order valence-corrected chi connectivity index (χ2v) is 5.55. The lowest BCUT2D eigenvalue weighted by Crippen LogP contribution is -2.50. The van der Waals surface area contributed by atoms with Crippen LogP contribution in [0.15, 0.2) is 0 Å². The van der Waals surface area contributed by atoms with Crippen LogP contribution in [-0.2, 0) is 4.79 Å². The van der Waals surface area contributed by atoms with Gasteiger partial charge in [-0.2, -0.15) is 11.8 Å². The molecule has 0 aromatic rings. The van der Waals surface area contributed by atoms with E-state index in [9.17, 15) is 9.59 Å². The van der Waals surface area contributed by atoms with Crippen molar-refractivity contribution in [3.8, 4) is 0 Å². The summed E-state index contributed by atoms with van der Waals surface area (Å²) in [4.78, 5) is 26.5. The van der Waals surface area contributed by atoms with Crippen molar-refractivity contribution >= 4 is 23.8 Å². The molecular formula is C13H26N2O3S. The van der Waals surface area contributed by atoms with Gasteiger partial charge in [0.15, 0.2) is 0 Å². The number of carbonyl (C=O) groups excluding carboxylic acids is 1. The number of carboxylic acid groups (broad SMARTS) is 1. The van der Waals surface area contributed by atoms with Gasteiger partial charge in [0.05, 0.1) is 6.42 Å². The third-order valence-electron chi connectivity index (χ3n) is 3.27. The minimum atomic E-state index is -0.877. The summed E-state index contributed by atoms with van der Waals surface area (Å²) in [6.07, 6.45) is 2.90. The molecule has 0 rings (SSSR count). The quantitative estimate of drug-likeness (QED) is 0.745. The van der Waals surface area contributed by atoms with Gasteiger partial charge in [-0.25, -0.2) is 4.79 Å². The molecule has 2 amide bonds. The molecular weight excluding hydrogens is 264 g/mol. The van der Waals surface area contributed by atoms with Crippen molar-refractivity contribution < 1.29 is 14.7 Å². The predicted octanol–water partition coefficient (Wildman–Crippen LogP) is 2.36. The van der Waals surface area contributed by atoms with Gasteiger partial charge in [0.2, 0.25) is 0 Å². The van der Waals surface area contributed by atoms with E-state index >= 15 is 0 Å². The van der Waals surface area contributed by atoms with Crippen LogP contribution in [-0.4, -0.2) is 64.6 Å². The molecule has 0 bridgehead atoms. The van der Waals surface area contributed by atoms with Crippen LogP contribution in [0.2, 0.25) is 0 Å². The average Bonchev–Trinajstić information content (AvgIpc) is 2.34. The number of carbonyl (C=O) groups is 2. The highest BCUT2D eigenvalue weighted by Gasteiger charge is 2.26. The predicted molar refractivity (Wildman–Crippen MR) is 79.7 cm³/mol. The molecule has 0 saturated carbocycles. The molecule has 0 aromatic heterocycles. The second kappa shape index (κ2) is 9.07. The lowest BCUT2D eigenvalue weighted by molar-refractivity contribution is -0.138. The highest BCUT2D eigenvalue weighted by molar-refractivity contribution is 7.98. The maximum absolute atomic E-state index is 12.4. The number of amides is 2. The Labute approximate surface area is 120 Å². The molecule has 19 heavy (non-hydrogen) atoms. The van der Waals surface area contributed by atoms with Crippen LogP contribution in [0.25, 0.3) is 0 Å². The Balaban J connectivity index is 4.76. The van der Waals surface area contributed by atoms with E-state index in [1.807, 2.05) is 13.2 Å². The Hall–Kier alpha value is -0.910. The molecule has 2 unspecified atom stereocenters. The Morgan fingerprint density at radius 2 is 1.89 bits per heavy atom. The smallest absolute Gasteiger partial charge is 0.320 e. The Kier molecular flexibility index (Phi) is 8.63. The van der Waals surface area contributed by atoms with Crippen molar-refractivity contribution in [1.82, 2.24) is 9.80 Å². The number of carboxylic acids is 1. The minimum Gasteiger partial charge on any atom is -0.481 e.